The normalized spacial score (nSPS) is 16.0. The molecule has 2 aromatic carbocycles. The van der Waals surface area contributed by atoms with E-state index < -0.39 is 0 Å². The Kier molecular flexibility index (Phi) is 3.16. The number of ether oxygens (including phenoxy) is 2. The SMILES string of the molecule is O=C(Nc1cccc(-c2nc3cc4c(cc3[nH]2)OCCO4)c1)C1CC1. The van der Waals surface area contributed by atoms with Gasteiger partial charge in [-0.1, -0.05) is 12.1 Å². The van der Waals surface area contributed by atoms with E-state index in [1.54, 1.807) is 0 Å². The van der Waals surface area contributed by atoms with Crippen LogP contribution < -0.4 is 14.8 Å². The van der Waals surface area contributed by atoms with Gasteiger partial charge in [-0.25, -0.2) is 4.98 Å². The first kappa shape index (κ1) is 14.3. The van der Waals surface area contributed by atoms with Crippen LogP contribution in [0.2, 0.25) is 0 Å². The molecule has 3 aromatic rings. The van der Waals surface area contributed by atoms with Gasteiger partial charge in [0.15, 0.2) is 11.5 Å². The predicted octanol–water partition coefficient (Wildman–Crippen LogP) is 3.35. The number of benzene rings is 2. The number of imidazole rings is 1. The maximum Gasteiger partial charge on any atom is 0.227 e. The van der Waals surface area contributed by atoms with Crippen molar-refractivity contribution in [3.63, 3.8) is 0 Å². The Hall–Kier alpha value is -3.02. The lowest BCUT2D eigenvalue weighted by Gasteiger charge is -2.17. The van der Waals surface area contributed by atoms with Gasteiger partial charge in [0.1, 0.15) is 19.0 Å². The van der Waals surface area contributed by atoms with E-state index >= 15 is 0 Å². The van der Waals surface area contributed by atoms with Crippen LogP contribution in [-0.2, 0) is 4.79 Å². The van der Waals surface area contributed by atoms with Gasteiger partial charge in [-0.2, -0.15) is 0 Å². The van der Waals surface area contributed by atoms with Crippen molar-refractivity contribution >= 4 is 22.6 Å². The molecule has 2 N–H and O–H groups in total. The summed E-state index contributed by atoms with van der Waals surface area (Å²) in [5, 5.41) is 2.97. The summed E-state index contributed by atoms with van der Waals surface area (Å²) in [6.45, 7) is 1.11. The summed E-state index contributed by atoms with van der Waals surface area (Å²) in [6.07, 6.45) is 1.98. The molecule has 5 rings (SSSR count). The fourth-order valence-electron chi connectivity index (χ4n) is 3.02. The number of rotatable bonds is 3. The third kappa shape index (κ3) is 2.69. The van der Waals surface area contributed by atoms with E-state index in [2.05, 4.69) is 15.3 Å². The second kappa shape index (κ2) is 5.51. The molecule has 6 nitrogen and oxygen atoms in total. The van der Waals surface area contributed by atoms with Gasteiger partial charge in [0.2, 0.25) is 5.91 Å². The van der Waals surface area contributed by atoms with Gasteiger partial charge in [-0.3, -0.25) is 4.79 Å². The average molecular weight is 335 g/mol. The van der Waals surface area contributed by atoms with Crippen molar-refractivity contribution in [2.45, 2.75) is 12.8 Å². The van der Waals surface area contributed by atoms with Gasteiger partial charge in [0.05, 0.1) is 11.0 Å². The number of aromatic nitrogens is 2. The molecule has 0 saturated heterocycles. The summed E-state index contributed by atoms with van der Waals surface area (Å²) >= 11 is 0. The van der Waals surface area contributed by atoms with Crippen LogP contribution in [0.15, 0.2) is 36.4 Å². The number of carbonyl (C=O) groups excluding carboxylic acids is 1. The van der Waals surface area contributed by atoms with Crippen LogP contribution in [0.1, 0.15) is 12.8 Å². The van der Waals surface area contributed by atoms with E-state index in [0.717, 1.165) is 52.4 Å². The molecular formula is C19H17N3O3. The molecule has 126 valence electrons. The van der Waals surface area contributed by atoms with Crippen molar-refractivity contribution in [3.05, 3.63) is 36.4 Å². The molecule has 0 bridgehead atoms. The number of carbonyl (C=O) groups is 1. The minimum Gasteiger partial charge on any atom is -0.486 e. The van der Waals surface area contributed by atoms with Crippen LogP contribution in [0.25, 0.3) is 22.4 Å². The van der Waals surface area contributed by atoms with E-state index in [1.165, 1.54) is 0 Å². The van der Waals surface area contributed by atoms with Crippen molar-refractivity contribution in [1.29, 1.82) is 0 Å². The molecule has 0 radical (unpaired) electrons. The van der Waals surface area contributed by atoms with Crippen molar-refractivity contribution in [2.75, 3.05) is 18.5 Å². The number of anilines is 1. The van der Waals surface area contributed by atoms with Crippen molar-refractivity contribution in [1.82, 2.24) is 9.97 Å². The Balaban J connectivity index is 1.48. The molecule has 1 aliphatic carbocycles. The number of hydrogen-bond acceptors (Lipinski definition) is 4. The summed E-state index contributed by atoms with van der Waals surface area (Å²) < 4.78 is 11.2. The van der Waals surface area contributed by atoms with Crippen LogP contribution in [0, 0.1) is 5.92 Å². The Labute approximate surface area is 144 Å². The molecule has 6 heteroatoms. The standard InChI is InChI=1S/C19H17N3O3/c23-19(11-4-5-11)20-13-3-1-2-12(8-13)18-21-14-9-16-17(10-15(14)22-18)25-7-6-24-16/h1-3,8-11H,4-7H2,(H,20,23)(H,21,22). The molecule has 1 aliphatic heterocycles. The van der Waals surface area contributed by atoms with Gasteiger partial charge >= 0.3 is 0 Å². The summed E-state index contributed by atoms with van der Waals surface area (Å²) in [7, 11) is 0. The molecule has 1 amide bonds. The first-order valence-corrected chi connectivity index (χ1v) is 8.47. The second-order valence-electron chi connectivity index (χ2n) is 6.44. The Morgan fingerprint density at radius 3 is 2.72 bits per heavy atom. The molecule has 1 fully saturated rings. The number of amides is 1. The van der Waals surface area contributed by atoms with E-state index in [9.17, 15) is 4.79 Å². The minimum atomic E-state index is 0.101. The minimum absolute atomic E-state index is 0.101. The molecule has 1 saturated carbocycles. The first-order valence-electron chi connectivity index (χ1n) is 8.47. The Morgan fingerprint density at radius 2 is 1.92 bits per heavy atom. The quantitative estimate of drug-likeness (QED) is 0.769. The van der Waals surface area contributed by atoms with Crippen LogP contribution in [0.5, 0.6) is 11.5 Å². The van der Waals surface area contributed by atoms with Crippen LogP contribution in [0.3, 0.4) is 0 Å². The third-order valence-corrected chi connectivity index (χ3v) is 4.50. The average Bonchev–Trinajstić information content (AvgIpc) is 3.40. The third-order valence-electron chi connectivity index (χ3n) is 4.50. The summed E-state index contributed by atoms with van der Waals surface area (Å²) in [6, 6.07) is 11.5. The highest BCUT2D eigenvalue weighted by atomic mass is 16.6. The molecular weight excluding hydrogens is 318 g/mol. The van der Waals surface area contributed by atoms with Gasteiger partial charge < -0.3 is 19.8 Å². The van der Waals surface area contributed by atoms with Crippen molar-refractivity contribution < 1.29 is 14.3 Å². The number of nitrogens with one attached hydrogen (secondary N) is 2. The van der Waals surface area contributed by atoms with Crippen LogP contribution in [-0.4, -0.2) is 29.1 Å². The van der Waals surface area contributed by atoms with Gasteiger partial charge in [0, 0.05) is 29.3 Å². The zero-order valence-electron chi connectivity index (χ0n) is 13.5. The van der Waals surface area contributed by atoms with Crippen molar-refractivity contribution in [2.24, 2.45) is 5.92 Å². The topological polar surface area (TPSA) is 76.2 Å². The number of hydrogen-bond donors (Lipinski definition) is 2. The zero-order chi connectivity index (χ0) is 16.8. The maximum absolute atomic E-state index is 11.9. The summed E-state index contributed by atoms with van der Waals surface area (Å²) in [4.78, 5) is 19.9. The van der Waals surface area contributed by atoms with E-state index in [0.29, 0.717) is 13.2 Å². The van der Waals surface area contributed by atoms with Crippen LogP contribution in [0.4, 0.5) is 5.69 Å². The molecule has 2 aliphatic rings. The van der Waals surface area contributed by atoms with E-state index in [4.69, 9.17) is 9.47 Å². The Morgan fingerprint density at radius 1 is 1.12 bits per heavy atom. The highest BCUT2D eigenvalue weighted by Gasteiger charge is 2.29. The second-order valence-corrected chi connectivity index (χ2v) is 6.44. The van der Waals surface area contributed by atoms with E-state index in [1.807, 2.05) is 36.4 Å². The van der Waals surface area contributed by atoms with Gasteiger partial charge in [0.25, 0.3) is 0 Å². The monoisotopic (exact) mass is 335 g/mol. The summed E-state index contributed by atoms with van der Waals surface area (Å²) in [5.74, 6) is 2.49. The molecule has 0 spiro atoms. The highest BCUT2D eigenvalue weighted by molar-refractivity contribution is 5.94. The molecule has 25 heavy (non-hydrogen) atoms. The van der Waals surface area contributed by atoms with Gasteiger partial charge in [-0.15, -0.1) is 0 Å². The first-order chi connectivity index (χ1) is 12.3. The highest BCUT2D eigenvalue weighted by Crippen LogP contribution is 2.35. The summed E-state index contributed by atoms with van der Waals surface area (Å²) in [5.41, 5.74) is 3.43. The lowest BCUT2D eigenvalue weighted by Crippen LogP contribution is -2.15. The predicted molar refractivity (Wildman–Crippen MR) is 93.9 cm³/mol. The number of aromatic amines is 1. The molecule has 1 aromatic heterocycles. The molecule has 2 heterocycles. The fourth-order valence-corrected chi connectivity index (χ4v) is 3.02. The number of nitrogens with zero attached hydrogens (tertiary/aromatic N) is 1. The molecule has 0 unspecified atom stereocenters. The van der Waals surface area contributed by atoms with Crippen molar-refractivity contribution in [3.8, 4) is 22.9 Å². The lowest BCUT2D eigenvalue weighted by molar-refractivity contribution is -0.117. The van der Waals surface area contributed by atoms with Gasteiger partial charge in [-0.05, 0) is 25.0 Å². The number of fused-ring (bicyclic) bond motifs is 2. The Bertz CT molecular complexity index is 932. The zero-order valence-corrected chi connectivity index (χ0v) is 13.5. The smallest absolute Gasteiger partial charge is 0.227 e. The lowest BCUT2D eigenvalue weighted by atomic mass is 10.2. The van der Waals surface area contributed by atoms with E-state index in [-0.39, 0.29) is 11.8 Å². The number of H-pyrrole nitrogens is 1. The van der Waals surface area contributed by atoms with Crippen LogP contribution >= 0.6 is 0 Å². The largest absolute Gasteiger partial charge is 0.486 e. The molecule has 0 atom stereocenters. The maximum atomic E-state index is 11.9. The fraction of sp³-hybridized carbons (Fsp3) is 0.263.